The van der Waals surface area contributed by atoms with Gasteiger partial charge in [-0.1, -0.05) is 6.92 Å². The SMILES string of the molecule is CCNCc1c(C)nn(CCCC(=O)NC)c1C. The highest BCUT2D eigenvalue weighted by molar-refractivity contribution is 5.75. The van der Waals surface area contributed by atoms with E-state index in [4.69, 9.17) is 0 Å². The molecule has 0 aliphatic carbocycles. The molecule has 0 atom stereocenters. The van der Waals surface area contributed by atoms with Gasteiger partial charge in [-0.15, -0.1) is 0 Å². The summed E-state index contributed by atoms with van der Waals surface area (Å²) in [5, 5.41) is 10.5. The van der Waals surface area contributed by atoms with Crippen molar-refractivity contribution >= 4 is 5.91 Å². The summed E-state index contributed by atoms with van der Waals surface area (Å²) in [6, 6.07) is 0. The van der Waals surface area contributed by atoms with Crippen molar-refractivity contribution in [3.05, 3.63) is 17.0 Å². The molecule has 5 heteroatoms. The third kappa shape index (κ3) is 3.84. The Morgan fingerprint density at radius 1 is 1.39 bits per heavy atom. The van der Waals surface area contributed by atoms with E-state index in [2.05, 4.69) is 29.6 Å². The Bertz CT molecular complexity index is 398. The molecule has 2 N–H and O–H groups in total. The van der Waals surface area contributed by atoms with Crippen LogP contribution in [0.5, 0.6) is 0 Å². The summed E-state index contributed by atoms with van der Waals surface area (Å²) in [4.78, 5) is 11.1. The lowest BCUT2D eigenvalue weighted by Crippen LogP contribution is -2.18. The van der Waals surface area contributed by atoms with Crippen molar-refractivity contribution in [2.75, 3.05) is 13.6 Å². The van der Waals surface area contributed by atoms with Crippen LogP contribution in [-0.4, -0.2) is 29.3 Å². The predicted octanol–water partition coefficient (Wildman–Crippen LogP) is 1.14. The van der Waals surface area contributed by atoms with Crippen molar-refractivity contribution in [3.8, 4) is 0 Å². The van der Waals surface area contributed by atoms with Gasteiger partial charge in [-0.3, -0.25) is 9.48 Å². The minimum atomic E-state index is 0.0874. The number of carbonyl (C=O) groups is 1. The minimum absolute atomic E-state index is 0.0874. The van der Waals surface area contributed by atoms with Gasteiger partial charge in [0.1, 0.15) is 0 Å². The lowest BCUT2D eigenvalue weighted by molar-refractivity contribution is -0.120. The van der Waals surface area contributed by atoms with Crippen molar-refractivity contribution in [3.63, 3.8) is 0 Å². The molecular weight excluding hydrogens is 228 g/mol. The number of aryl methyl sites for hydroxylation is 2. The molecule has 0 saturated carbocycles. The summed E-state index contributed by atoms with van der Waals surface area (Å²) in [6.45, 7) is 8.84. The van der Waals surface area contributed by atoms with Crippen molar-refractivity contribution in [2.24, 2.45) is 0 Å². The smallest absolute Gasteiger partial charge is 0.219 e. The van der Waals surface area contributed by atoms with Gasteiger partial charge in [0, 0.05) is 37.8 Å². The molecule has 1 aromatic rings. The number of nitrogens with zero attached hydrogens (tertiary/aromatic N) is 2. The first kappa shape index (κ1) is 14.7. The molecule has 0 fully saturated rings. The normalized spacial score (nSPS) is 10.7. The van der Waals surface area contributed by atoms with Crippen LogP contribution in [0, 0.1) is 13.8 Å². The zero-order valence-electron chi connectivity index (χ0n) is 11.8. The van der Waals surface area contributed by atoms with Crippen molar-refractivity contribution in [2.45, 2.75) is 46.7 Å². The number of hydrogen-bond donors (Lipinski definition) is 2. The van der Waals surface area contributed by atoms with Gasteiger partial charge in [0.15, 0.2) is 0 Å². The van der Waals surface area contributed by atoms with E-state index in [-0.39, 0.29) is 5.91 Å². The third-order valence-corrected chi connectivity index (χ3v) is 3.14. The molecule has 1 heterocycles. The quantitative estimate of drug-likeness (QED) is 0.765. The molecular formula is C13H24N4O. The first-order valence-electron chi connectivity index (χ1n) is 6.54. The van der Waals surface area contributed by atoms with Crippen LogP contribution < -0.4 is 10.6 Å². The lowest BCUT2D eigenvalue weighted by Gasteiger charge is -2.05. The number of aromatic nitrogens is 2. The largest absolute Gasteiger partial charge is 0.359 e. The summed E-state index contributed by atoms with van der Waals surface area (Å²) in [5.41, 5.74) is 3.55. The van der Waals surface area contributed by atoms with E-state index in [9.17, 15) is 4.79 Å². The number of hydrogen-bond acceptors (Lipinski definition) is 3. The van der Waals surface area contributed by atoms with Crippen LogP contribution in [0.25, 0.3) is 0 Å². The fourth-order valence-electron chi connectivity index (χ4n) is 1.97. The van der Waals surface area contributed by atoms with E-state index >= 15 is 0 Å². The fourth-order valence-corrected chi connectivity index (χ4v) is 1.97. The first-order chi connectivity index (χ1) is 8.60. The summed E-state index contributed by atoms with van der Waals surface area (Å²) in [6.07, 6.45) is 1.37. The van der Waals surface area contributed by atoms with E-state index < -0.39 is 0 Å². The highest BCUT2D eigenvalue weighted by atomic mass is 16.1. The maximum absolute atomic E-state index is 11.1. The molecule has 0 unspecified atom stereocenters. The van der Waals surface area contributed by atoms with E-state index in [1.165, 1.54) is 11.3 Å². The molecule has 0 saturated heterocycles. The molecule has 102 valence electrons. The van der Waals surface area contributed by atoms with Crippen LogP contribution in [0.3, 0.4) is 0 Å². The predicted molar refractivity (Wildman–Crippen MR) is 72.4 cm³/mol. The van der Waals surface area contributed by atoms with Crippen LogP contribution in [0.15, 0.2) is 0 Å². The molecule has 0 spiro atoms. The summed E-state index contributed by atoms with van der Waals surface area (Å²) in [7, 11) is 1.67. The summed E-state index contributed by atoms with van der Waals surface area (Å²) >= 11 is 0. The highest BCUT2D eigenvalue weighted by Crippen LogP contribution is 2.13. The maximum Gasteiger partial charge on any atom is 0.219 e. The maximum atomic E-state index is 11.1. The Hall–Kier alpha value is -1.36. The minimum Gasteiger partial charge on any atom is -0.359 e. The number of carbonyl (C=O) groups excluding carboxylic acids is 1. The summed E-state index contributed by atoms with van der Waals surface area (Å²) in [5.74, 6) is 0.0874. The van der Waals surface area contributed by atoms with Gasteiger partial charge in [-0.2, -0.15) is 5.10 Å². The molecule has 0 aromatic carbocycles. The van der Waals surface area contributed by atoms with Crippen LogP contribution >= 0.6 is 0 Å². The monoisotopic (exact) mass is 252 g/mol. The Morgan fingerprint density at radius 2 is 2.11 bits per heavy atom. The zero-order chi connectivity index (χ0) is 13.5. The fraction of sp³-hybridized carbons (Fsp3) is 0.692. The second-order valence-electron chi connectivity index (χ2n) is 4.43. The van der Waals surface area contributed by atoms with Crippen molar-refractivity contribution in [1.82, 2.24) is 20.4 Å². The Morgan fingerprint density at radius 3 is 2.72 bits per heavy atom. The molecule has 18 heavy (non-hydrogen) atoms. The third-order valence-electron chi connectivity index (χ3n) is 3.14. The van der Waals surface area contributed by atoms with Gasteiger partial charge < -0.3 is 10.6 Å². The van der Waals surface area contributed by atoms with Gasteiger partial charge in [0.25, 0.3) is 0 Å². The summed E-state index contributed by atoms with van der Waals surface area (Å²) < 4.78 is 2.00. The molecule has 0 bridgehead atoms. The molecule has 0 radical (unpaired) electrons. The van der Waals surface area contributed by atoms with Crippen LogP contribution in [-0.2, 0) is 17.9 Å². The van der Waals surface area contributed by atoms with E-state index in [0.29, 0.717) is 6.42 Å². The highest BCUT2D eigenvalue weighted by Gasteiger charge is 2.10. The number of rotatable bonds is 7. The van der Waals surface area contributed by atoms with Crippen LogP contribution in [0.1, 0.15) is 36.7 Å². The van der Waals surface area contributed by atoms with Crippen LogP contribution in [0.4, 0.5) is 0 Å². The van der Waals surface area contributed by atoms with Crippen LogP contribution in [0.2, 0.25) is 0 Å². The van der Waals surface area contributed by atoms with E-state index in [1.807, 2.05) is 11.6 Å². The number of amides is 1. The molecule has 1 aromatic heterocycles. The van der Waals surface area contributed by atoms with Crippen molar-refractivity contribution < 1.29 is 4.79 Å². The molecule has 5 nitrogen and oxygen atoms in total. The standard InChI is InChI=1S/C13H24N4O/c1-5-15-9-12-10(2)16-17(11(12)3)8-6-7-13(18)14-4/h15H,5-9H2,1-4H3,(H,14,18). The number of nitrogens with one attached hydrogen (secondary N) is 2. The van der Waals surface area contributed by atoms with Gasteiger partial charge in [0.05, 0.1) is 5.69 Å². The molecule has 1 amide bonds. The van der Waals surface area contributed by atoms with Gasteiger partial charge in [-0.25, -0.2) is 0 Å². The molecule has 0 aliphatic heterocycles. The average Bonchev–Trinajstić information content (AvgIpc) is 2.62. The zero-order valence-corrected chi connectivity index (χ0v) is 11.8. The lowest BCUT2D eigenvalue weighted by atomic mass is 10.2. The Kier molecular flexibility index (Phi) is 5.85. The topological polar surface area (TPSA) is 59.0 Å². The van der Waals surface area contributed by atoms with Gasteiger partial charge >= 0.3 is 0 Å². The van der Waals surface area contributed by atoms with Gasteiger partial charge in [-0.05, 0) is 26.8 Å². The average molecular weight is 252 g/mol. The second kappa shape index (κ2) is 7.16. The first-order valence-corrected chi connectivity index (χ1v) is 6.54. The Labute approximate surface area is 109 Å². The second-order valence-corrected chi connectivity index (χ2v) is 4.43. The van der Waals surface area contributed by atoms with Crippen molar-refractivity contribution in [1.29, 1.82) is 0 Å². The Balaban J connectivity index is 2.58. The van der Waals surface area contributed by atoms with E-state index in [0.717, 1.165) is 31.7 Å². The van der Waals surface area contributed by atoms with E-state index in [1.54, 1.807) is 7.05 Å². The van der Waals surface area contributed by atoms with Gasteiger partial charge in [0.2, 0.25) is 5.91 Å². The molecule has 0 aliphatic rings. The molecule has 1 rings (SSSR count).